The van der Waals surface area contributed by atoms with Crippen molar-refractivity contribution in [2.75, 3.05) is 11.5 Å². The highest BCUT2D eigenvalue weighted by Crippen LogP contribution is 2.44. The van der Waals surface area contributed by atoms with Gasteiger partial charge in [0, 0.05) is 0 Å². The standard InChI is InChI=1S/C13H15NO3/c15-11-6-2-1-5-10(11)14-12(16)17-9-13(14)7-3-4-8-13/h1-2,5-6,15H,3-4,7-9H2. The monoisotopic (exact) mass is 233 g/mol. The van der Waals surface area contributed by atoms with Crippen molar-refractivity contribution in [1.29, 1.82) is 0 Å². The highest BCUT2D eigenvalue weighted by Gasteiger charge is 2.50. The summed E-state index contributed by atoms with van der Waals surface area (Å²) in [6.45, 7) is 0.445. The molecule has 1 aromatic rings. The zero-order chi connectivity index (χ0) is 11.9. The van der Waals surface area contributed by atoms with E-state index in [0.29, 0.717) is 12.3 Å². The average molecular weight is 233 g/mol. The maximum absolute atomic E-state index is 11.9. The number of nitrogens with zero attached hydrogens (tertiary/aromatic N) is 1. The van der Waals surface area contributed by atoms with Crippen LogP contribution in [0.3, 0.4) is 0 Å². The van der Waals surface area contributed by atoms with E-state index in [1.807, 2.05) is 6.07 Å². The zero-order valence-corrected chi connectivity index (χ0v) is 9.56. The molecule has 1 aromatic carbocycles. The number of phenols is 1. The van der Waals surface area contributed by atoms with E-state index >= 15 is 0 Å². The molecule has 2 aliphatic rings. The Morgan fingerprint density at radius 3 is 2.65 bits per heavy atom. The fourth-order valence-electron chi connectivity index (χ4n) is 2.93. The first-order valence-corrected chi connectivity index (χ1v) is 5.98. The van der Waals surface area contributed by atoms with Gasteiger partial charge in [-0.05, 0) is 25.0 Å². The minimum atomic E-state index is -0.339. The minimum Gasteiger partial charge on any atom is -0.506 e. The molecule has 1 spiro atoms. The summed E-state index contributed by atoms with van der Waals surface area (Å²) in [6.07, 6.45) is 3.79. The van der Waals surface area contributed by atoms with Crippen LogP contribution in [0.4, 0.5) is 10.5 Å². The number of phenolic OH excluding ortho intramolecular Hbond substituents is 1. The van der Waals surface area contributed by atoms with Gasteiger partial charge in [0.25, 0.3) is 0 Å². The molecule has 0 bridgehead atoms. The molecule has 1 aliphatic carbocycles. The summed E-state index contributed by atoms with van der Waals surface area (Å²) in [4.78, 5) is 13.5. The van der Waals surface area contributed by atoms with Crippen molar-refractivity contribution >= 4 is 11.8 Å². The summed E-state index contributed by atoms with van der Waals surface area (Å²) >= 11 is 0. The van der Waals surface area contributed by atoms with E-state index in [0.717, 1.165) is 25.7 Å². The van der Waals surface area contributed by atoms with Crippen LogP contribution in [-0.4, -0.2) is 23.3 Å². The number of rotatable bonds is 1. The van der Waals surface area contributed by atoms with E-state index in [2.05, 4.69) is 0 Å². The Balaban J connectivity index is 2.05. The molecular weight excluding hydrogens is 218 g/mol. The first-order chi connectivity index (χ1) is 8.23. The van der Waals surface area contributed by atoms with Crippen LogP contribution in [0.25, 0.3) is 0 Å². The lowest BCUT2D eigenvalue weighted by molar-refractivity contribution is 0.173. The van der Waals surface area contributed by atoms with Gasteiger partial charge in [-0.2, -0.15) is 0 Å². The van der Waals surface area contributed by atoms with E-state index in [1.165, 1.54) is 0 Å². The lowest BCUT2D eigenvalue weighted by Gasteiger charge is -2.31. The molecular formula is C13H15NO3. The fourth-order valence-corrected chi connectivity index (χ4v) is 2.93. The van der Waals surface area contributed by atoms with Crippen molar-refractivity contribution in [1.82, 2.24) is 0 Å². The molecule has 17 heavy (non-hydrogen) atoms. The van der Waals surface area contributed by atoms with Crippen molar-refractivity contribution in [2.24, 2.45) is 0 Å². The molecule has 2 fully saturated rings. The van der Waals surface area contributed by atoms with Gasteiger partial charge < -0.3 is 9.84 Å². The molecule has 3 rings (SSSR count). The SMILES string of the molecule is O=C1OCC2(CCCC2)N1c1ccccc1O. The number of aromatic hydroxyl groups is 1. The molecule has 0 atom stereocenters. The molecule has 1 amide bonds. The number of benzene rings is 1. The van der Waals surface area contributed by atoms with E-state index in [1.54, 1.807) is 23.1 Å². The van der Waals surface area contributed by atoms with E-state index < -0.39 is 0 Å². The van der Waals surface area contributed by atoms with Crippen LogP contribution in [0.1, 0.15) is 25.7 Å². The van der Waals surface area contributed by atoms with Crippen molar-refractivity contribution in [3.63, 3.8) is 0 Å². The van der Waals surface area contributed by atoms with Crippen molar-refractivity contribution in [3.05, 3.63) is 24.3 Å². The van der Waals surface area contributed by atoms with Crippen LogP contribution in [0.5, 0.6) is 5.75 Å². The molecule has 1 N–H and O–H groups in total. The summed E-state index contributed by atoms with van der Waals surface area (Å²) in [5.74, 6) is 0.137. The molecule has 4 nitrogen and oxygen atoms in total. The van der Waals surface area contributed by atoms with Gasteiger partial charge in [-0.25, -0.2) is 4.79 Å². The third kappa shape index (κ3) is 1.47. The summed E-state index contributed by atoms with van der Waals surface area (Å²) in [5, 5.41) is 9.88. The van der Waals surface area contributed by atoms with Gasteiger partial charge in [0.15, 0.2) is 0 Å². The van der Waals surface area contributed by atoms with Crippen LogP contribution in [0.2, 0.25) is 0 Å². The predicted octanol–water partition coefficient (Wildman–Crippen LogP) is 2.66. The Morgan fingerprint density at radius 1 is 1.24 bits per heavy atom. The van der Waals surface area contributed by atoms with Gasteiger partial charge in [0.2, 0.25) is 0 Å². The Kier molecular flexibility index (Phi) is 2.24. The normalized spacial score (nSPS) is 22.1. The van der Waals surface area contributed by atoms with E-state index in [4.69, 9.17) is 4.74 Å². The van der Waals surface area contributed by atoms with Crippen LogP contribution < -0.4 is 4.90 Å². The highest BCUT2D eigenvalue weighted by molar-refractivity contribution is 5.93. The van der Waals surface area contributed by atoms with E-state index in [-0.39, 0.29) is 17.4 Å². The molecule has 1 heterocycles. The van der Waals surface area contributed by atoms with Crippen LogP contribution in [-0.2, 0) is 4.74 Å². The summed E-state index contributed by atoms with van der Waals surface area (Å²) in [6, 6.07) is 6.94. The Bertz CT molecular complexity index is 452. The van der Waals surface area contributed by atoms with Gasteiger partial charge >= 0.3 is 6.09 Å². The van der Waals surface area contributed by atoms with Gasteiger partial charge in [-0.3, -0.25) is 4.90 Å². The molecule has 1 saturated heterocycles. The zero-order valence-electron chi connectivity index (χ0n) is 9.56. The van der Waals surface area contributed by atoms with Gasteiger partial charge in [-0.1, -0.05) is 25.0 Å². The van der Waals surface area contributed by atoms with Crippen molar-refractivity contribution < 1.29 is 14.6 Å². The number of hydrogen-bond acceptors (Lipinski definition) is 3. The first kappa shape index (κ1) is 10.4. The molecule has 1 saturated carbocycles. The number of ether oxygens (including phenoxy) is 1. The third-order valence-electron chi connectivity index (χ3n) is 3.78. The second kappa shape index (κ2) is 3.65. The Hall–Kier alpha value is -1.71. The lowest BCUT2D eigenvalue weighted by Crippen LogP contribution is -2.45. The fraction of sp³-hybridized carbons (Fsp3) is 0.462. The number of amides is 1. The lowest BCUT2D eigenvalue weighted by atomic mass is 9.97. The summed E-state index contributed by atoms with van der Waals surface area (Å²) in [5.41, 5.74) is 0.340. The van der Waals surface area contributed by atoms with Crippen molar-refractivity contribution in [3.8, 4) is 5.75 Å². The maximum Gasteiger partial charge on any atom is 0.415 e. The second-order valence-electron chi connectivity index (χ2n) is 4.81. The highest BCUT2D eigenvalue weighted by atomic mass is 16.6. The van der Waals surface area contributed by atoms with Gasteiger partial charge in [0.1, 0.15) is 12.4 Å². The van der Waals surface area contributed by atoms with Gasteiger partial charge in [-0.15, -0.1) is 0 Å². The van der Waals surface area contributed by atoms with Crippen LogP contribution >= 0.6 is 0 Å². The number of para-hydroxylation sites is 2. The molecule has 4 heteroatoms. The quantitative estimate of drug-likeness (QED) is 0.811. The number of anilines is 1. The third-order valence-corrected chi connectivity index (χ3v) is 3.78. The van der Waals surface area contributed by atoms with E-state index in [9.17, 15) is 9.90 Å². The number of hydrogen-bond donors (Lipinski definition) is 1. The number of carbonyl (C=O) groups excluding carboxylic acids is 1. The van der Waals surface area contributed by atoms with Crippen molar-refractivity contribution in [2.45, 2.75) is 31.2 Å². The summed E-state index contributed by atoms with van der Waals surface area (Å²) < 4.78 is 5.19. The predicted molar refractivity (Wildman–Crippen MR) is 63.1 cm³/mol. The molecule has 0 radical (unpaired) electrons. The van der Waals surface area contributed by atoms with Crippen LogP contribution in [0.15, 0.2) is 24.3 Å². The summed E-state index contributed by atoms with van der Waals surface area (Å²) in [7, 11) is 0. The molecule has 90 valence electrons. The second-order valence-corrected chi connectivity index (χ2v) is 4.81. The Labute approximate surface area is 99.8 Å². The molecule has 1 aliphatic heterocycles. The smallest absolute Gasteiger partial charge is 0.415 e. The maximum atomic E-state index is 11.9. The topological polar surface area (TPSA) is 49.8 Å². The average Bonchev–Trinajstić information content (AvgIpc) is 2.90. The molecule has 0 unspecified atom stereocenters. The van der Waals surface area contributed by atoms with Gasteiger partial charge in [0.05, 0.1) is 11.2 Å². The van der Waals surface area contributed by atoms with Crippen LogP contribution in [0, 0.1) is 0 Å². The molecule has 0 aromatic heterocycles. The number of cyclic esters (lactones) is 1. The largest absolute Gasteiger partial charge is 0.506 e. The Morgan fingerprint density at radius 2 is 1.94 bits per heavy atom. The number of carbonyl (C=O) groups is 1. The minimum absolute atomic E-state index is 0.137. The first-order valence-electron chi connectivity index (χ1n) is 5.98.